The van der Waals surface area contributed by atoms with Crippen molar-refractivity contribution in [3.8, 4) is 0 Å². The summed E-state index contributed by atoms with van der Waals surface area (Å²) in [6, 6.07) is 5.13. The zero-order valence-electron chi connectivity index (χ0n) is 7.48. The highest BCUT2D eigenvalue weighted by atomic mass is 35.5. The van der Waals surface area contributed by atoms with Gasteiger partial charge >= 0.3 is 5.97 Å². The van der Waals surface area contributed by atoms with E-state index in [4.69, 9.17) is 21.1 Å². The smallest absolute Gasteiger partial charge is 0.328 e. The van der Waals surface area contributed by atoms with Gasteiger partial charge in [-0.05, 0) is 35.4 Å². The average Bonchev–Trinajstić information content (AvgIpc) is 2.53. The topological polar surface area (TPSA) is 63.3 Å². The summed E-state index contributed by atoms with van der Waals surface area (Å²) in [5.41, 5.74) is 1.90. The highest BCUT2D eigenvalue weighted by Crippen LogP contribution is 2.20. The Morgan fingerprint density at radius 1 is 1.53 bits per heavy atom. The van der Waals surface area contributed by atoms with Gasteiger partial charge in [-0.2, -0.15) is 4.98 Å². The standard InChI is InChI=1S/C10H6ClNO3/c11-10-12-7-3-1-6(2-4-9(13)14)5-8(7)15-10/h1-5H,(H,13,14)/b4-2+. The van der Waals surface area contributed by atoms with E-state index in [1.54, 1.807) is 18.2 Å². The molecule has 0 aliphatic heterocycles. The first kappa shape index (κ1) is 9.73. The quantitative estimate of drug-likeness (QED) is 0.795. The molecule has 0 amide bonds. The van der Waals surface area contributed by atoms with E-state index in [0.29, 0.717) is 11.1 Å². The Morgan fingerprint density at radius 2 is 2.33 bits per heavy atom. The summed E-state index contributed by atoms with van der Waals surface area (Å²) in [4.78, 5) is 14.2. The molecule has 0 aliphatic carbocycles. The van der Waals surface area contributed by atoms with E-state index in [9.17, 15) is 4.79 Å². The second-order valence-corrected chi connectivity index (χ2v) is 3.19. The molecule has 1 heterocycles. The summed E-state index contributed by atoms with van der Waals surface area (Å²) in [6.07, 6.45) is 2.53. The molecule has 1 N–H and O–H groups in total. The lowest BCUT2D eigenvalue weighted by atomic mass is 10.2. The molecule has 1 aromatic heterocycles. The zero-order valence-corrected chi connectivity index (χ0v) is 8.23. The fourth-order valence-corrected chi connectivity index (χ4v) is 1.36. The van der Waals surface area contributed by atoms with Crippen molar-refractivity contribution in [2.45, 2.75) is 0 Å². The molecule has 2 aromatic rings. The lowest BCUT2D eigenvalue weighted by molar-refractivity contribution is -0.131. The molecule has 0 saturated carbocycles. The summed E-state index contributed by atoms with van der Waals surface area (Å²) in [6.45, 7) is 0. The molecule has 0 bridgehead atoms. The minimum Gasteiger partial charge on any atom is -0.478 e. The van der Waals surface area contributed by atoms with Crippen molar-refractivity contribution in [2.24, 2.45) is 0 Å². The monoisotopic (exact) mass is 223 g/mol. The van der Waals surface area contributed by atoms with Crippen molar-refractivity contribution in [3.05, 3.63) is 35.2 Å². The number of carboxylic acid groups (broad SMARTS) is 1. The first-order valence-electron chi connectivity index (χ1n) is 4.12. The number of carboxylic acids is 1. The van der Waals surface area contributed by atoms with E-state index in [-0.39, 0.29) is 5.35 Å². The van der Waals surface area contributed by atoms with Gasteiger partial charge in [0.1, 0.15) is 5.52 Å². The molecule has 0 atom stereocenters. The fraction of sp³-hybridized carbons (Fsp3) is 0. The highest BCUT2D eigenvalue weighted by molar-refractivity contribution is 6.28. The molecule has 15 heavy (non-hydrogen) atoms. The predicted octanol–water partition coefficient (Wildman–Crippen LogP) is 2.58. The Bertz CT molecular complexity index is 545. The number of carbonyl (C=O) groups is 1. The van der Waals surface area contributed by atoms with Crippen LogP contribution in [0.15, 0.2) is 28.7 Å². The zero-order chi connectivity index (χ0) is 10.8. The van der Waals surface area contributed by atoms with Gasteiger partial charge in [-0.25, -0.2) is 4.79 Å². The number of rotatable bonds is 2. The summed E-state index contributed by atoms with van der Waals surface area (Å²) in [5, 5.41) is 8.52. The molecule has 2 rings (SSSR count). The molecule has 4 nitrogen and oxygen atoms in total. The van der Waals surface area contributed by atoms with Gasteiger partial charge < -0.3 is 9.52 Å². The molecule has 76 valence electrons. The van der Waals surface area contributed by atoms with Gasteiger partial charge in [0, 0.05) is 6.08 Å². The molecule has 0 fully saturated rings. The first-order valence-corrected chi connectivity index (χ1v) is 4.50. The second kappa shape index (κ2) is 3.74. The number of aliphatic carboxylic acids is 1. The van der Waals surface area contributed by atoms with Crippen molar-refractivity contribution < 1.29 is 14.3 Å². The summed E-state index contributed by atoms with van der Waals surface area (Å²) in [5.74, 6) is -0.995. The maximum atomic E-state index is 10.3. The van der Waals surface area contributed by atoms with Crippen molar-refractivity contribution in [1.29, 1.82) is 0 Å². The molecular formula is C10H6ClNO3. The van der Waals surface area contributed by atoms with Crippen molar-refractivity contribution >= 4 is 34.7 Å². The van der Waals surface area contributed by atoms with Crippen molar-refractivity contribution in [1.82, 2.24) is 4.98 Å². The third-order valence-corrected chi connectivity index (χ3v) is 1.97. The summed E-state index contributed by atoms with van der Waals surface area (Å²) >= 11 is 5.57. The van der Waals surface area contributed by atoms with Crippen molar-refractivity contribution in [3.63, 3.8) is 0 Å². The largest absolute Gasteiger partial charge is 0.478 e. The number of oxazole rings is 1. The first-order chi connectivity index (χ1) is 7.15. The Balaban J connectivity index is 2.42. The maximum Gasteiger partial charge on any atom is 0.328 e. The van der Waals surface area contributed by atoms with Gasteiger partial charge in [-0.15, -0.1) is 0 Å². The van der Waals surface area contributed by atoms with Crippen LogP contribution in [0.1, 0.15) is 5.56 Å². The molecular weight excluding hydrogens is 218 g/mol. The van der Waals surface area contributed by atoms with Gasteiger partial charge in [0.25, 0.3) is 5.35 Å². The highest BCUT2D eigenvalue weighted by Gasteiger charge is 2.02. The number of hydrogen-bond acceptors (Lipinski definition) is 3. The number of halogens is 1. The maximum absolute atomic E-state index is 10.3. The van der Waals surface area contributed by atoms with Crippen LogP contribution in [0.25, 0.3) is 17.2 Å². The van der Waals surface area contributed by atoms with E-state index in [1.807, 2.05) is 0 Å². The van der Waals surface area contributed by atoms with E-state index >= 15 is 0 Å². The number of nitrogens with zero attached hydrogens (tertiary/aromatic N) is 1. The Kier molecular flexibility index (Phi) is 2.43. The van der Waals surface area contributed by atoms with Crippen LogP contribution in [0.5, 0.6) is 0 Å². The van der Waals surface area contributed by atoms with E-state index in [0.717, 1.165) is 11.6 Å². The van der Waals surface area contributed by atoms with Gasteiger partial charge in [-0.1, -0.05) is 6.07 Å². The van der Waals surface area contributed by atoms with Crippen LogP contribution >= 0.6 is 11.6 Å². The third kappa shape index (κ3) is 2.16. The van der Waals surface area contributed by atoms with Gasteiger partial charge in [0.15, 0.2) is 5.58 Å². The molecule has 0 radical (unpaired) electrons. The van der Waals surface area contributed by atoms with E-state index in [2.05, 4.69) is 4.98 Å². The number of fused-ring (bicyclic) bond motifs is 1. The predicted molar refractivity (Wildman–Crippen MR) is 55.7 cm³/mol. The lowest BCUT2D eigenvalue weighted by Gasteiger charge is -1.90. The van der Waals surface area contributed by atoms with Crippen LogP contribution in [0, 0.1) is 0 Å². The number of hydrogen-bond donors (Lipinski definition) is 1. The number of aromatic nitrogens is 1. The molecule has 0 aliphatic rings. The summed E-state index contributed by atoms with van der Waals surface area (Å²) < 4.78 is 5.09. The van der Waals surface area contributed by atoms with Crippen LogP contribution in [-0.4, -0.2) is 16.1 Å². The lowest BCUT2D eigenvalue weighted by Crippen LogP contribution is -1.85. The average molecular weight is 224 g/mol. The van der Waals surface area contributed by atoms with Crippen LogP contribution in [0.2, 0.25) is 5.35 Å². The molecule has 0 spiro atoms. The van der Waals surface area contributed by atoms with Crippen LogP contribution in [0.4, 0.5) is 0 Å². The number of benzene rings is 1. The van der Waals surface area contributed by atoms with Gasteiger partial charge in [0.05, 0.1) is 0 Å². The molecule has 0 unspecified atom stereocenters. The Labute approximate surface area is 89.8 Å². The SMILES string of the molecule is O=C(O)/C=C/c1ccc2nc(Cl)oc2c1. The molecule has 0 saturated heterocycles. The second-order valence-electron chi connectivity index (χ2n) is 2.87. The Morgan fingerprint density at radius 3 is 3.07 bits per heavy atom. The summed E-state index contributed by atoms with van der Waals surface area (Å²) in [7, 11) is 0. The van der Waals surface area contributed by atoms with E-state index < -0.39 is 5.97 Å². The Hall–Kier alpha value is -1.81. The minimum atomic E-state index is -0.995. The fourth-order valence-electron chi connectivity index (χ4n) is 1.18. The van der Waals surface area contributed by atoms with Crippen LogP contribution < -0.4 is 0 Å². The van der Waals surface area contributed by atoms with Crippen LogP contribution in [-0.2, 0) is 4.79 Å². The van der Waals surface area contributed by atoms with Gasteiger partial charge in [-0.3, -0.25) is 0 Å². The minimum absolute atomic E-state index is 0.0735. The van der Waals surface area contributed by atoms with Crippen LogP contribution in [0.3, 0.4) is 0 Å². The molecule has 1 aromatic carbocycles. The van der Waals surface area contributed by atoms with Gasteiger partial charge in [0.2, 0.25) is 0 Å². The molecule has 5 heteroatoms. The third-order valence-electron chi connectivity index (χ3n) is 1.80. The van der Waals surface area contributed by atoms with E-state index in [1.165, 1.54) is 6.08 Å². The normalized spacial score (nSPS) is 11.3. The van der Waals surface area contributed by atoms with Crippen molar-refractivity contribution in [2.75, 3.05) is 0 Å².